The second-order valence-corrected chi connectivity index (χ2v) is 6.33. The van der Waals surface area contributed by atoms with Crippen molar-refractivity contribution in [1.29, 1.82) is 0 Å². The minimum absolute atomic E-state index is 0. The van der Waals surface area contributed by atoms with Crippen molar-refractivity contribution in [2.45, 2.75) is 38.8 Å². The molecule has 24 heavy (non-hydrogen) atoms. The molecular weight excluding hydrogens is 328 g/mol. The summed E-state index contributed by atoms with van der Waals surface area (Å²) in [5, 5.41) is 20.6. The summed E-state index contributed by atoms with van der Waals surface area (Å²) in [6.45, 7) is 6.14. The Hall–Kier alpha value is -1.34. The number of nitrogens with one attached hydrogen (secondary N) is 2. The van der Waals surface area contributed by atoms with Crippen LogP contribution in [0.4, 0.5) is 0 Å². The number of aliphatic hydroxyl groups excluding tert-OH is 1. The van der Waals surface area contributed by atoms with Crippen molar-refractivity contribution in [3.05, 3.63) is 29.7 Å². The number of aliphatic hydroxyl groups is 1. The van der Waals surface area contributed by atoms with Gasteiger partial charge in [0.1, 0.15) is 11.5 Å². The third-order valence-corrected chi connectivity index (χ3v) is 4.32. The van der Waals surface area contributed by atoms with Crippen molar-refractivity contribution in [1.82, 2.24) is 20.4 Å². The average molecular weight is 355 g/mol. The molecule has 0 amide bonds. The second-order valence-electron chi connectivity index (χ2n) is 6.33. The number of furan rings is 1. The number of hydrogen-bond donors (Lipinski definition) is 3. The van der Waals surface area contributed by atoms with Gasteiger partial charge in [-0.3, -0.25) is 5.10 Å². The van der Waals surface area contributed by atoms with Gasteiger partial charge in [-0.15, -0.1) is 12.4 Å². The number of aromatic nitrogens is 2. The average Bonchev–Trinajstić information content (AvgIpc) is 3.17. The first kappa shape index (κ1) is 19.0. The molecule has 0 bridgehead atoms. The topological polar surface area (TPSA) is 77.3 Å². The standard InChI is InChI=1S/C17H26N4O2.ClH/c1-13-5-6-16(23-13)17-14(10-19-20-17)9-18-11-15(22)12-21-7-3-2-4-8-21;/h5-6,10,15,18,22H,2-4,7-9,11-12H2,1H3,(H,19,20);1H. The van der Waals surface area contributed by atoms with E-state index in [1.807, 2.05) is 19.1 Å². The Kier molecular flexibility index (Phi) is 7.30. The molecule has 0 aliphatic carbocycles. The molecule has 3 N–H and O–H groups in total. The number of hydrogen-bond acceptors (Lipinski definition) is 5. The third kappa shape index (κ3) is 5.08. The Morgan fingerprint density at radius 3 is 2.83 bits per heavy atom. The highest BCUT2D eigenvalue weighted by Gasteiger charge is 2.15. The molecule has 2 aromatic heterocycles. The Morgan fingerprint density at radius 1 is 1.33 bits per heavy atom. The quantitative estimate of drug-likeness (QED) is 0.711. The van der Waals surface area contributed by atoms with Crippen LogP contribution in [-0.2, 0) is 6.54 Å². The molecule has 3 rings (SSSR count). The molecule has 0 spiro atoms. The van der Waals surface area contributed by atoms with Gasteiger partial charge >= 0.3 is 0 Å². The van der Waals surface area contributed by atoms with E-state index in [0.717, 1.165) is 42.4 Å². The van der Waals surface area contributed by atoms with Crippen LogP contribution in [0.2, 0.25) is 0 Å². The Balaban J connectivity index is 0.00000208. The highest BCUT2D eigenvalue weighted by atomic mass is 35.5. The van der Waals surface area contributed by atoms with Crippen LogP contribution in [0, 0.1) is 6.92 Å². The molecule has 1 saturated heterocycles. The SMILES string of the molecule is Cc1ccc(-c2[nH]ncc2CNCC(O)CN2CCCCC2)o1.Cl. The van der Waals surface area contributed by atoms with Crippen molar-refractivity contribution in [2.24, 2.45) is 0 Å². The van der Waals surface area contributed by atoms with Gasteiger partial charge in [0.15, 0.2) is 5.76 Å². The van der Waals surface area contributed by atoms with Crippen molar-refractivity contribution in [3.63, 3.8) is 0 Å². The van der Waals surface area contributed by atoms with Crippen LogP contribution >= 0.6 is 12.4 Å². The first-order valence-corrected chi connectivity index (χ1v) is 8.42. The summed E-state index contributed by atoms with van der Waals surface area (Å²) in [7, 11) is 0. The normalized spacial score (nSPS) is 16.8. The lowest BCUT2D eigenvalue weighted by Crippen LogP contribution is -2.40. The van der Waals surface area contributed by atoms with E-state index >= 15 is 0 Å². The summed E-state index contributed by atoms with van der Waals surface area (Å²) in [6.07, 6.45) is 5.29. The molecule has 2 aromatic rings. The van der Waals surface area contributed by atoms with Crippen LogP contribution in [-0.4, -0.2) is 52.5 Å². The first-order chi connectivity index (χ1) is 11.2. The molecule has 7 heteroatoms. The highest BCUT2D eigenvalue weighted by Crippen LogP contribution is 2.23. The number of nitrogens with zero attached hydrogens (tertiary/aromatic N) is 2. The Labute approximate surface area is 149 Å². The fraction of sp³-hybridized carbons (Fsp3) is 0.588. The zero-order chi connectivity index (χ0) is 16.1. The van der Waals surface area contributed by atoms with Crippen LogP contribution < -0.4 is 5.32 Å². The number of aromatic amines is 1. The van der Waals surface area contributed by atoms with Gasteiger partial charge in [-0.25, -0.2) is 0 Å². The van der Waals surface area contributed by atoms with E-state index in [-0.39, 0.29) is 18.5 Å². The van der Waals surface area contributed by atoms with Crippen LogP contribution in [0.15, 0.2) is 22.7 Å². The van der Waals surface area contributed by atoms with E-state index in [9.17, 15) is 5.11 Å². The number of rotatable bonds is 7. The molecule has 0 saturated carbocycles. The zero-order valence-electron chi connectivity index (χ0n) is 14.1. The van der Waals surface area contributed by atoms with E-state index in [4.69, 9.17) is 4.42 Å². The maximum Gasteiger partial charge on any atom is 0.152 e. The molecule has 1 atom stereocenters. The number of halogens is 1. The predicted octanol–water partition coefficient (Wildman–Crippen LogP) is 2.34. The van der Waals surface area contributed by atoms with Crippen molar-refractivity contribution in [3.8, 4) is 11.5 Å². The maximum absolute atomic E-state index is 10.2. The first-order valence-electron chi connectivity index (χ1n) is 8.42. The molecule has 3 heterocycles. The summed E-state index contributed by atoms with van der Waals surface area (Å²) < 4.78 is 5.64. The Morgan fingerprint density at radius 2 is 2.12 bits per heavy atom. The van der Waals surface area contributed by atoms with Gasteiger partial charge < -0.3 is 19.7 Å². The third-order valence-electron chi connectivity index (χ3n) is 4.32. The number of likely N-dealkylation sites (tertiary alicyclic amines) is 1. The zero-order valence-corrected chi connectivity index (χ0v) is 14.9. The van der Waals surface area contributed by atoms with Gasteiger partial charge in [0.05, 0.1) is 12.3 Å². The number of aryl methyl sites for hydroxylation is 1. The fourth-order valence-electron chi connectivity index (χ4n) is 3.11. The van der Waals surface area contributed by atoms with Crippen LogP contribution in [0.3, 0.4) is 0 Å². The van der Waals surface area contributed by atoms with Crippen molar-refractivity contribution < 1.29 is 9.52 Å². The maximum atomic E-state index is 10.2. The van der Waals surface area contributed by atoms with Gasteiger partial charge in [0, 0.05) is 25.2 Å². The highest BCUT2D eigenvalue weighted by molar-refractivity contribution is 5.85. The fourth-order valence-corrected chi connectivity index (χ4v) is 3.11. The van der Waals surface area contributed by atoms with E-state index in [0.29, 0.717) is 13.1 Å². The lowest BCUT2D eigenvalue weighted by molar-refractivity contribution is 0.1000. The smallest absolute Gasteiger partial charge is 0.152 e. The van der Waals surface area contributed by atoms with Crippen molar-refractivity contribution in [2.75, 3.05) is 26.2 Å². The van der Waals surface area contributed by atoms with E-state index in [2.05, 4.69) is 20.4 Å². The molecule has 1 unspecified atom stereocenters. The largest absolute Gasteiger partial charge is 0.460 e. The number of H-pyrrole nitrogens is 1. The predicted molar refractivity (Wildman–Crippen MR) is 96.3 cm³/mol. The molecule has 1 aliphatic heterocycles. The lowest BCUT2D eigenvalue weighted by atomic mass is 10.1. The van der Waals surface area contributed by atoms with E-state index in [1.54, 1.807) is 6.20 Å². The van der Waals surface area contributed by atoms with E-state index in [1.165, 1.54) is 19.3 Å². The van der Waals surface area contributed by atoms with Crippen LogP contribution in [0.5, 0.6) is 0 Å². The molecule has 1 fully saturated rings. The van der Waals surface area contributed by atoms with Crippen LogP contribution in [0.25, 0.3) is 11.5 Å². The molecule has 6 nitrogen and oxygen atoms in total. The second kappa shape index (κ2) is 9.22. The lowest BCUT2D eigenvalue weighted by Gasteiger charge is -2.28. The molecule has 0 radical (unpaired) electrons. The molecular formula is C17H27ClN4O2. The van der Waals surface area contributed by atoms with Crippen molar-refractivity contribution >= 4 is 12.4 Å². The number of piperidine rings is 1. The molecule has 1 aliphatic rings. The van der Waals surface area contributed by atoms with Gasteiger partial charge in [0.25, 0.3) is 0 Å². The summed E-state index contributed by atoms with van der Waals surface area (Å²) in [4.78, 5) is 2.35. The minimum atomic E-state index is -0.339. The summed E-state index contributed by atoms with van der Waals surface area (Å²) in [5.41, 5.74) is 1.95. The molecule has 0 aromatic carbocycles. The van der Waals surface area contributed by atoms with Gasteiger partial charge in [-0.1, -0.05) is 6.42 Å². The summed E-state index contributed by atoms with van der Waals surface area (Å²) in [5.74, 6) is 1.68. The van der Waals surface area contributed by atoms with Gasteiger partial charge in [-0.05, 0) is 45.0 Å². The van der Waals surface area contributed by atoms with Crippen LogP contribution in [0.1, 0.15) is 30.6 Å². The molecule has 134 valence electrons. The number of β-amino-alcohol motifs (C(OH)–C–C–N with tert-alkyl or cyclic N) is 1. The van der Waals surface area contributed by atoms with Gasteiger partial charge in [-0.2, -0.15) is 5.10 Å². The minimum Gasteiger partial charge on any atom is -0.460 e. The monoisotopic (exact) mass is 354 g/mol. The summed E-state index contributed by atoms with van der Waals surface area (Å²) >= 11 is 0. The van der Waals surface area contributed by atoms with Gasteiger partial charge in [0.2, 0.25) is 0 Å². The Bertz CT molecular complexity index is 607. The van der Waals surface area contributed by atoms with E-state index < -0.39 is 0 Å². The summed E-state index contributed by atoms with van der Waals surface area (Å²) in [6, 6.07) is 3.88.